The quantitative estimate of drug-likeness (QED) is 0.572. The van der Waals surface area contributed by atoms with Gasteiger partial charge in [-0.3, -0.25) is 14.5 Å². The highest BCUT2D eigenvalue weighted by molar-refractivity contribution is 9.10. The molecule has 0 bridgehead atoms. The number of likely N-dealkylation sites (tertiary alicyclic amines) is 1. The molecule has 152 valence electrons. The summed E-state index contributed by atoms with van der Waals surface area (Å²) in [7, 11) is 1.85. The lowest BCUT2D eigenvalue weighted by molar-refractivity contribution is -0.126. The number of hydrogen-bond donors (Lipinski definition) is 1. The molecule has 1 spiro atoms. The molecule has 1 fully saturated rings. The van der Waals surface area contributed by atoms with Crippen molar-refractivity contribution < 1.29 is 18.4 Å². The summed E-state index contributed by atoms with van der Waals surface area (Å²) in [4.78, 5) is 29.1. The smallest absolute Gasteiger partial charge is 0.250 e. The third kappa shape index (κ3) is 2.62. The van der Waals surface area contributed by atoms with Crippen molar-refractivity contribution in [3.05, 3.63) is 88.0 Å². The minimum atomic E-state index is -1.19. The number of anilines is 1. The number of likely N-dealkylation sites (N-methyl/N-ethyl adjacent to an activating group) is 1. The van der Waals surface area contributed by atoms with Crippen molar-refractivity contribution in [2.24, 2.45) is 5.92 Å². The first-order valence-corrected chi connectivity index (χ1v) is 10.4. The monoisotopic (exact) mass is 468 g/mol. The van der Waals surface area contributed by atoms with Crippen LogP contribution in [0.15, 0.2) is 69.8 Å². The fraction of sp³-hybridized carbons (Fsp3) is 0.217. The van der Waals surface area contributed by atoms with Crippen molar-refractivity contribution in [2.75, 3.05) is 18.9 Å². The number of halogens is 2. The first-order valence-electron chi connectivity index (χ1n) is 9.59. The van der Waals surface area contributed by atoms with Gasteiger partial charge in [0.05, 0.1) is 12.2 Å². The van der Waals surface area contributed by atoms with E-state index in [4.69, 9.17) is 4.42 Å². The van der Waals surface area contributed by atoms with Crippen LogP contribution in [0, 0.1) is 11.7 Å². The average molecular weight is 469 g/mol. The molecule has 3 atom stereocenters. The molecule has 2 aliphatic rings. The highest BCUT2D eigenvalue weighted by atomic mass is 79.9. The van der Waals surface area contributed by atoms with E-state index in [2.05, 4.69) is 21.2 Å². The van der Waals surface area contributed by atoms with Gasteiger partial charge in [-0.2, -0.15) is 0 Å². The zero-order valence-electron chi connectivity index (χ0n) is 16.1. The van der Waals surface area contributed by atoms with Crippen molar-refractivity contribution in [3.63, 3.8) is 0 Å². The number of ketones is 1. The molecule has 0 unspecified atom stereocenters. The van der Waals surface area contributed by atoms with Crippen LogP contribution < -0.4 is 5.32 Å². The van der Waals surface area contributed by atoms with E-state index in [0.717, 1.165) is 15.6 Å². The molecule has 1 amide bonds. The van der Waals surface area contributed by atoms with Gasteiger partial charge in [0.1, 0.15) is 11.4 Å². The number of carbonyl (C=O) groups is 2. The Morgan fingerprint density at radius 1 is 1.23 bits per heavy atom. The summed E-state index contributed by atoms with van der Waals surface area (Å²) in [5.41, 5.74) is 1.05. The molecule has 0 aliphatic carbocycles. The molecular weight excluding hydrogens is 451 g/mol. The molecule has 7 heteroatoms. The maximum atomic E-state index is 13.7. The Labute approximate surface area is 181 Å². The number of Topliss-reactive ketones (excluding diaryl/α,β-unsaturated/α-hetero) is 1. The van der Waals surface area contributed by atoms with E-state index in [0.29, 0.717) is 12.2 Å². The second-order valence-electron chi connectivity index (χ2n) is 7.77. The Morgan fingerprint density at radius 3 is 2.70 bits per heavy atom. The third-order valence-corrected chi connectivity index (χ3v) is 6.75. The van der Waals surface area contributed by atoms with E-state index in [1.165, 1.54) is 18.4 Å². The van der Waals surface area contributed by atoms with Gasteiger partial charge in [0.2, 0.25) is 11.7 Å². The van der Waals surface area contributed by atoms with Crippen LogP contribution in [0.25, 0.3) is 0 Å². The van der Waals surface area contributed by atoms with Gasteiger partial charge in [0.15, 0.2) is 5.76 Å². The molecule has 2 aliphatic heterocycles. The standard InChI is InChI=1S/C23H18BrFN2O3/c1-27-12-16(13-4-7-15(25)8-5-13)20(21(28)19-3-2-10-30-19)23(27)17-11-14(24)6-9-18(17)26-22(23)29/h2-11,16,20H,12H2,1H3,(H,26,29)/t16-,20-,23-/m1/s1. The molecular formula is C23H18BrFN2O3. The molecule has 2 aromatic carbocycles. The summed E-state index contributed by atoms with van der Waals surface area (Å²) in [6.07, 6.45) is 1.45. The number of nitrogens with one attached hydrogen (secondary N) is 1. The van der Waals surface area contributed by atoms with Crippen LogP contribution in [0.5, 0.6) is 0 Å². The highest BCUT2D eigenvalue weighted by Crippen LogP contribution is 2.56. The minimum Gasteiger partial charge on any atom is -0.461 e. The van der Waals surface area contributed by atoms with Crippen LogP contribution in [-0.4, -0.2) is 30.2 Å². The van der Waals surface area contributed by atoms with Crippen molar-refractivity contribution in [1.82, 2.24) is 4.90 Å². The summed E-state index contributed by atoms with van der Waals surface area (Å²) in [5.74, 6) is -1.69. The van der Waals surface area contributed by atoms with Gasteiger partial charge >= 0.3 is 0 Å². The van der Waals surface area contributed by atoms with E-state index < -0.39 is 11.5 Å². The van der Waals surface area contributed by atoms with Gasteiger partial charge < -0.3 is 9.73 Å². The van der Waals surface area contributed by atoms with Crippen molar-refractivity contribution in [1.29, 1.82) is 0 Å². The highest BCUT2D eigenvalue weighted by Gasteiger charge is 2.64. The number of rotatable bonds is 3. The van der Waals surface area contributed by atoms with Crippen molar-refractivity contribution >= 4 is 33.3 Å². The number of carbonyl (C=O) groups excluding carboxylic acids is 2. The van der Waals surface area contributed by atoms with Crippen molar-refractivity contribution in [3.8, 4) is 0 Å². The molecule has 3 aromatic rings. The Morgan fingerprint density at radius 2 is 2.00 bits per heavy atom. The van der Waals surface area contributed by atoms with Gasteiger partial charge in [0, 0.05) is 28.2 Å². The first kappa shape index (κ1) is 19.2. The lowest BCUT2D eigenvalue weighted by atomic mass is 9.71. The SMILES string of the molecule is CN1C[C@H](c2ccc(F)cc2)[C@H](C(=O)c2ccco2)[C@]12C(=O)Nc1ccc(Br)cc12. The molecule has 1 aromatic heterocycles. The van der Waals surface area contributed by atoms with Crippen LogP contribution in [0.3, 0.4) is 0 Å². The molecule has 0 radical (unpaired) electrons. The average Bonchev–Trinajstić information content (AvgIpc) is 3.42. The second-order valence-corrected chi connectivity index (χ2v) is 8.68. The molecule has 0 saturated carbocycles. The molecule has 1 saturated heterocycles. The first-order chi connectivity index (χ1) is 14.4. The predicted octanol–water partition coefficient (Wildman–Crippen LogP) is 4.56. The van der Waals surface area contributed by atoms with Crippen LogP contribution in [0.4, 0.5) is 10.1 Å². The maximum absolute atomic E-state index is 13.7. The Bertz CT molecular complexity index is 1150. The van der Waals surface area contributed by atoms with E-state index in [-0.39, 0.29) is 29.2 Å². The van der Waals surface area contributed by atoms with Crippen LogP contribution >= 0.6 is 15.9 Å². The molecule has 5 nitrogen and oxygen atoms in total. The zero-order chi connectivity index (χ0) is 21.0. The number of fused-ring (bicyclic) bond motifs is 2. The third-order valence-electron chi connectivity index (χ3n) is 6.26. The van der Waals surface area contributed by atoms with E-state index in [1.54, 1.807) is 24.3 Å². The molecule has 5 rings (SSSR count). The number of nitrogens with zero attached hydrogens (tertiary/aromatic N) is 1. The predicted molar refractivity (Wildman–Crippen MR) is 113 cm³/mol. The Balaban J connectivity index is 1.74. The fourth-order valence-electron chi connectivity index (χ4n) is 4.99. The van der Waals surface area contributed by atoms with Gasteiger partial charge in [-0.15, -0.1) is 0 Å². The molecule has 3 heterocycles. The van der Waals surface area contributed by atoms with Gasteiger partial charge in [-0.25, -0.2) is 4.39 Å². The summed E-state index contributed by atoms with van der Waals surface area (Å²) in [6, 6.07) is 15.0. The summed E-state index contributed by atoms with van der Waals surface area (Å²) >= 11 is 3.50. The van der Waals surface area contributed by atoms with E-state index >= 15 is 0 Å². The minimum absolute atomic E-state index is 0.207. The van der Waals surface area contributed by atoms with E-state index in [1.807, 2.05) is 30.1 Å². The van der Waals surface area contributed by atoms with Crippen LogP contribution in [0.1, 0.15) is 27.6 Å². The van der Waals surface area contributed by atoms with E-state index in [9.17, 15) is 14.0 Å². The number of benzene rings is 2. The summed E-state index contributed by atoms with van der Waals surface area (Å²) < 4.78 is 19.8. The fourth-order valence-corrected chi connectivity index (χ4v) is 5.35. The van der Waals surface area contributed by atoms with Crippen LogP contribution in [0.2, 0.25) is 0 Å². The Kier molecular flexibility index (Phi) is 4.41. The van der Waals surface area contributed by atoms with Gasteiger partial charge in [-0.1, -0.05) is 28.1 Å². The number of furan rings is 1. The summed E-state index contributed by atoms with van der Waals surface area (Å²) in [6.45, 7) is 0.460. The summed E-state index contributed by atoms with van der Waals surface area (Å²) in [5, 5.41) is 2.95. The lowest BCUT2D eigenvalue weighted by Gasteiger charge is -2.35. The molecule has 30 heavy (non-hydrogen) atoms. The second kappa shape index (κ2) is 6.89. The van der Waals surface area contributed by atoms with Crippen molar-refractivity contribution in [2.45, 2.75) is 11.5 Å². The number of hydrogen-bond acceptors (Lipinski definition) is 4. The number of amides is 1. The van der Waals surface area contributed by atoms with Crippen LogP contribution in [-0.2, 0) is 10.3 Å². The normalized spacial score (nSPS) is 25.5. The lowest BCUT2D eigenvalue weighted by Crippen LogP contribution is -2.51. The molecule has 1 N–H and O–H groups in total. The largest absolute Gasteiger partial charge is 0.461 e. The Hall–Kier alpha value is -2.77. The topological polar surface area (TPSA) is 62.6 Å². The van der Waals surface area contributed by atoms with Gasteiger partial charge in [0.25, 0.3) is 0 Å². The zero-order valence-corrected chi connectivity index (χ0v) is 17.6. The maximum Gasteiger partial charge on any atom is 0.250 e. The van der Waals surface area contributed by atoms with Gasteiger partial charge in [-0.05, 0) is 55.1 Å².